The summed E-state index contributed by atoms with van der Waals surface area (Å²) in [5, 5.41) is 0. The molecule has 0 saturated carbocycles. The fraction of sp³-hybridized carbons (Fsp3) is 0. The normalized spacial score (nSPS) is 11.7. The Morgan fingerprint density at radius 3 is 1.56 bits per heavy atom. The molecule has 0 atom stereocenters. The maximum atomic E-state index is 5.12. The van der Waals surface area contributed by atoms with Gasteiger partial charge in [0.05, 0.1) is 22.8 Å². The zero-order valence-electron chi connectivity index (χ0n) is 23.4. The van der Waals surface area contributed by atoms with Crippen LogP contribution in [0.1, 0.15) is 0 Å². The number of rotatable bonds is 4. The van der Waals surface area contributed by atoms with Gasteiger partial charge >= 0.3 is 0 Å². The molecule has 0 bridgehead atoms. The zero-order chi connectivity index (χ0) is 28.6. The van der Waals surface area contributed by atoms with Gasteiger partial charge in [0.1, 0.15) is 0 Å². The Kier molecular flexibility index (Phi) is 6.12. The highest BCUT2D eigenvalue weighted by atomic mass is 15.1. The number of para-hydroxylation sites is 2. The first-order chi connectivity index (χ1) is 21.3. The third-order valence-electron chi connectivity index (χ3n) is 8.03. The number of benzene rings is 6. The summed E-state index contributed by atoms with van der Waals surface area (Å²) < 4.78 is 0. The Labute approximate surface area is 251 Å². The molecule has 0 amide bonds. The van der Waals surface area contributed by atoms with E-state index in [1.54, 1.807) is 0 Å². The zero-order valence-corrected chi connectivity index (χ0v) is 23.4. The van der Waals surface area contributed by atoms with Gasteiger partial charge in [-0.3, -0.25) is 0 Å². The van der Waals surface area contributed by atoms with Crippen molar-refractivity contribution >= 4 is 17.1 Å². The van der Waals surface area contributed by atoms with Crippen LogP contribution in [0.3, 0.4) is 0 Å². The van der Waals surface area contributed by atoms with Gasteiger partial charge in [-0.25, -0.2) is 9.97 Å². The molecule has 0 spiro atoms. The van der Waals surface area contributed by atoms with Crippen molar-refractivity contribution in [2.24, 2.45) is 0 Å². The van der Waals surface area contributed by atoms with Crippen molar-refractivity contribution in [1.82, 2.24) is 9.97 Å². The molecule has 8 rings (SSSR count). The number of hydrogen-bond acceptors (Lipinski definition) is 3. The van der Waals surface area contributed by atoms with Gasteiger partial charge in [0.15, 0.2) is 5.82 Å². The monoisotopic (exact) mass is 549 g/mol. The lowest BCUT2D eigenvalue weighted by molar-refractivity contribution is 1.18. The van der Waals surface area contributed by atoms with Crippen molar-refractivity contribution in [3.63, 3.8) is 0 Å². The van der Waals surface area contributed by atoms with Crippen LogP contribution < -0.4 is 4.90 Å². The van der Waals surface area contributed by atoms with Crippen LogP contribution in [0, 0.1) is 0 Å². The smallest absolute Gasteiger partial charge is 0.160 e. The van der Waals surface area contributed by atoms with Crippen LogP contribution in [-0.4, -0.2) is 9.97 Å². The molecule has 0 N–H and O–H groups in total. The topological polar surface area (TPSA) is 29.0 Å². The van der Waals surface area contributed by atoms with Gasteiger partial charge in [-0.05, 0) is 47.5 Å². The Hall–Kier alpha value is -5.80. The molecular weight excluding hydrogens is 522 g/mol. The average Bonchev–Trinajstić information content (AvgIpc) is 3.22. The summed E-state index contributed by atoms with van der Waals surface area (Å²) in [6.45, 7) is 0. The summed E-state index contributed by atoms with van der Waals surface area (Å²) in [6, 6.07) is 57.4. The largest absolute Gasteiger partial charge is 0.309 e. The molecule has 0 radical (unpaired) electrons. The summed E-state index contributed by atoms with van der Waals surface area (Å²) in [7, 11) is 0. The van der Waals surface area contributed by atoms with Gasteiger partial charge in [0, 0.05) is 33.5 Å². The second kappa shape index (κ2) is 10.6. The molecule has 0 unspecified atom stereocenters. The molecule has 1 aliphatic heterocycles. The third-order valence-corrected chi connectivity index (χ3v) is 8.03. The predicted octanol–water partition coefficient (Wildman–Crippen LogP) is 10.6. The minimum atomic E-state index is 0.714. The minimum absolute atomic E-state index is 0.714. The second-order valence-electron chi connectivity index (χ2n) is 10.7. The lowest BCUT2D eigenvalue weighted by atomic mass is 9.93. The van der Waals surface area contributed by atoms with Crippen molar-refractivity contribution in [2.45, 2.75) is 0 Å². The van der Waals surface area contributed by atoms with Crippen LogP contribution in [0.4, 0.5) is 17.1 Å². The molecule has 1 aromatic heterocycles. The van der Waals surface area contributed by atoms with E-state index in [2.05, 4.69) is 144 Å². The van der Waals surface area contributed by atoms with Crippen LogP contribution in [0.5, 0.6) is 0 Å². The minimum Gasteiger partial charge on any atom is -0.309 e. The van der Waals surface area contributed by atoms with Gasteiger partial charge in [0.25, 0.3) is 0 Å². The molecule has 3 heteroatoms. The van der Waals surface area contributed by atoms with Crippen LogP contribution in [-0.2, 0) is 0 Å². The third kappa shape index (κ3) is 4.48. The molecule has 43 heavy (non-hydrogen) atoms. The first-order valence-corrected chi connectivity index (χ1v) is 14.5. The van der Waals surface area contributed by atoms with Crippen molar-refractivity contribution < 1.29 is 0 Å². The van der Waals surface area contributed by atoms with Gasteiger partial charge in [-0.2, -0.15) is 0 Å². The van der Waals surface area contributed by atoms with Crippen LogP contribution >= 0.6 is 0 Å². The molecular formula is C40H27N3. The Morgan fingerprint density at radius 2 is 0.860 bits per heavy atom. The van der Waals surface area contributed by atoms with E-state index in [9.17, 15) is 0 Å². The Balaban J connectivity index is 1.38. The molecule has 6 aromatic carbocycles. The lowest BCUT2D eigenvalue weighted by Gasteiger charge is -2.27. The summed E-state index contributed by atoms with van der Waals surface area (Å²) in [4.78, 5) is 12.5. The maximum Gasteiger partial charge on any atom is 0.160 e. The van der Waals surface area contributed by atoms with Crippen LogP contribution in [0.2, 0.25) is 0 Å². The van der Waals surface area contributed by atoms with E-state index in [1.165, 1.54) is 16.7 Å². The number of hydrogen-bond donors (Lipinski definition) is 0. The summed E-state index contributed by atoms with van der Waals surface area (Å²) in [5.41, 5.74) is 13.1. The van der Waals surface area contributed by atoms with Crippen molar-refractivity contribution in [3.8, 4) is 56.2 Å². The number of nitrogens with zero attached hydrogens (tertiary/aromatic N) is 3. The molecule has 3 nitrogen and oxygen atoms in total. The van der Waals surface area contributed by atoms with Gasteiger partial charge in [-0.1, -0.05) is 127 Å². The standard InChI is InChI=1S/C40H27N3/c1-4-14-28(15-5-1)36-27-37(42-40(41-36)29-16-6-2-7-17-29)30-24-25-39-35(26-30)33-21-11-10-20-32(33)34-22-12-13-23-38(34)43(39)31-18-8-3-9-19-31/h1-27H. The van der Waals surface area contributed by atoms with Crippen LogP contribution in [0.15, 0.2) is 164 Å². The molecule has 7 aromatic rings. The first kappa shape index (κ1) is 25.0. The van der Waals surface area contributed by atoms with Gasteiger partial charge in [-0.15, -0.1) is 0 Å². The van der Waals surface area contributed by atoms with E-state index in [-0.39, 0.29) is 0 Å². The molecule has 202 valence electrons. The Bertz CT molecular complexity index is 2010. The van der Waals surface area contributed by atoms with E-state index in [0.29, 0.717) is 5.82 Å². The number of aromatic nitrogens is 2. The van der Waals surface area contributed by atoms with E-state index < -0.39 is 0 Å². The predicted molar refractivity (Wildman–Crippen MR) is 177 cm³/mol. The molecule has 0 aliphatic carbocycles. The highest BCUT2D eigenvalue weighted by molar-refractivity contribution is 6.03. The van der Waals surface area contributed by atoms with Gasteiger partial charge in [0.2, 0.25) is 0 Å². The van der Waals surface area contributed by atoms with E-state index in [1.807, 2.05) is 24.3 Å². The van der Waals surface area contributed by atoms with Crippen molar-refractivity contribution in [2.75, 3.05) is 4.90 Å². The summed E-state index contributed by atoms with van der Waals surface area (Å²) in [5.74, 6) is 0.714. The number of anilines is 3. The van der Waals surface area contributed by atoms with E-state index in [0.717, 1.165) is 50.7 Å². The Morgan fingerprint density at radius 1 is 0.349 bits per heavy atom. The first-order valence-electron chi connectivity index (χ1n) is 14.5. The summed E-state index contributed by atoms with van der Waals surface area (Å²) >= 11 is 0. The quantitative estimate of drug-likeness (QED) is 0.219. The summed E-state index contributed by atoms with van der Waals surface area (Å²) in [6.07, 6.45) is 0. The van der Waals surface area contributed by atoms with E-state index >= 15 is 0 Å². The highest BCUT2D eigenvalue weighted by Crippen LogP contribution is 2.51. The van der Waals surface area contributed by atoms with Crippen molar-refractivity contribution in [3.05, 3.63) is 164 Å². The van der Waals surface area contributed by atoms with Gasteiger partial charge < -0.3 is 4.90 Å². The van der Waals surface area contributed by atoms with E-state index in [4.69, 9.17) is 9.97 Å². The molecule has 0 fully saturated rings. The fourth-order valence-electron chi connectivity index (χ4n) is 6.01. The lowest BCUT2D eigenvalue weighted by Crippen LogP contribution is -2.10. The van der Waals surface area contributed by atoms with Crippen LogP contribution in [0.25, 0.3) is 56.2 Å². The SMILES string of the molecule is c1ccc(-c2cc(-c3ccc4c(c3)-c3ccccc3-c3ccccc3N4c3ccccc3)nc(-c3ccccc3)n2)cc1. The molecule has 0 saturated heterocycles. The maximum absolute atomic E-state index is 5.12. The second-order valence-corrected chi connectivity index (χ2v) is 10.7. The molecule has 1 aliphatic rings. The number of fused-ring (bicyclic) bond motifs is 5. The average molecular weight is 550 g/mol. The molecule has 2 heterocycles. The van der Waals surface area contributed by atoms with Crippen molar-refractivity contribution in [1.29, 1.82) is 0 Å². The highest BCUT2D eigenvalue weighted by Gasteiger charge is 2.26. The fourth-order valence-corrected chi connectivity index (χ4v) is 6.01.